The Balaban J connectivity index is 1.69. The number of aromatic nitrogens is 3. The van der Waals surface area contributed by atoms with Crippen molar-refractivity contribution in [1.82, 2.24) is 14.8 Å². The summed E-state index contributed by atoms with van der Waals surface area (Å²) in [7, 11) is 1.59. The van der Waals surface area contributed by atoms with Gasteiger partial charge in [-0.15, -0.1) is 10.2 Å². The van der Waals surface area contributed by atoms with Crippen LogP contribution in [0.2, 0.25) is 0 Å². The van der Waals surface area contributed by atoms with Crippen molar-refractivity contribution in [2.75, 3.05) is 18.2 Å². The van der Waals surface area contributed by atoms with E-state index in [1.54, 1.807) is 7.11 Å². The molecule has 27 heavy (non-hydrogen) atoms. The van der Waals surface area contributed by atoms with Gasteiger partial charge in [-0.05, 0) is 31.5 Å². The number of amides is 1. The van der Waals surface area contributed by atoms with E-state index in [1.165, 1.54) is 11.8 Å². The highest BCUT2D eigenvalue weighted by Crippen LogP contribution is 2.27. The fourth-order valence-electron chi connectivity index (χ4n) is 2.72. The van der Waals surface area contributed by atoms with Gasteiger partial charge in [0.1, 0.15) is 5.75 Å². The summed E-state index contributed by atoms with van der Waals surface area (Å²) in [5.41, 5.74) is 2.73. The van der Waals surface area contributed by atoms with Gasteiger partial charge >= 0.3 is 0 Å². The van der Waals surface area contributed by atoms with Gasteiger partial charge in [-0.25, -0.2) is 0 Å². The monoisotopic (exact) mass is 382 g/mol. The van der Waals surface area contributed by atoms with Crippen LogP contribution < -0.4 is 10.1 Å². The lowest BCUT2D eigenvalue weighted by molar-refractivity contribution is -0.113. The quantitative estimate of drug-likeness (QED) is 0.625. The number of hydrogen-bond donors (Lipinski definition) is 1. The molecule has 1 aromatic heterocycles. The van der Waals surface area contributed by atoms with Gasteiger partial charge in [0.2, 0.25) is 5.91 Å². The predicted octanol–water partition coefficient (Wildman–Crippen LogP) is 4.01. The number of nitrogens with one attached hydrogen (secondary N) is 1. The predicted molar refractivity (Wildman–Crippen MR) is 108 cm³/mol. The zero-order chi connectivity index (χ0) is 19.2. The average molecular weight is 382 g/mol. The summed E-state index contributed by atoms with van der Waals surface area (Å²) in [6.07, 6.45) is 0. The van der Waals surface area contributed by atoms with Crippen LogP contribution in [0, 0.1) is 6.92 Å². The third-order valence-electron chi connectivity index (χ3n) is 4.03. The number of benzene rings is 2. The van der Waals surface area contributed by atoms with Crippen LogP contribution in [-0.4, -0.2) is 33.5 Å². The third kappa shape index (κ3) is 4.49. The smallest absolute Gasteiger partial charge is 0.234 e. The van der Waals surface area contributed by atoms with Crippen LogP contribution in [0.25, 0.3) is 11.4 Å². The molecule has 0 spiro atoms. The lowest BCUT2D eigenvalue weighted by Gasteiger charge is -2.11. The number of thioether (sulfide) groups is 1. The molecule has 3 aromatic rings. The van der Waals surface area contributed by atoms with Crippen molar-refractivity contribution < 1.29 is 9.53 Å². The van der Waals surface area contributed by atoms with Gasteiger partial charge in [0.15, 0.2) is 11.0 Å². The Kier molecular flexibility index (Phi) is 6.13. The Morgan fingerprint density at radius 3 is 2.67 bits per heavy atom. The number of carbonyl (C=O) groups is 1. The second kappa shape index (κ2) is 8.73. The molecule has 0 radical (unpaired) electrons. The largest absolute Gasteiger partial charge is 0.495 e. The SMILES string of the molecule is CCn1c(SCC(=O)Nc2cc(C)ccc2OC)nnc1-c1ccccc1. The first-order valence-electron chi connectivity index (χ1n) is 8.68. The minimum atomic E-state index is -0.115. The van der Waals surface area contributed by atoms with E-state index >= 15 is 0 Å². The summed E-state index contributed by atoms with van der Waals surface area (Å²) in [6.45, 7) is 4.74. The van der Waals surface area contributed by atoms with Crippen LogP contribution in [0.15, 0.2) is 53.7 Å². The number of nitrogens with zero attached hydrogens (tertiary/aromatic N) is 3. The topological polar surface area (TPSA) is 69.0 Å². The minimum absolute atomic E-state index is 0.115. The van der Waals surface area contributed by atoms with Gasteiger partial charge in [-0.3, -0.25) is 4.79 Å². The first-order valence-corrected chi connectivity index (χ1v) is 9.66. The van der Waals surface area contributed by atoms with E-state index in [1.807, 2.05) is 66.9 Å². The second-order valence-electron chi connectivity index (χ2n) is 5.96. The van der Waals surface area contributed by atoms with Gasteiger partial charge in [0, 0.05) is 12.1 Å². The highest BCUT2D eigenvalue weighted by molar-refractivity contribution is 7.99. The fourth-order valence-corrected chi connectivity index (χ4v) is 3.52. The van der Waals surface area contributed by atoms with E-state index in [2.05, 4.69) is 15.5 Å². The molecule has 0 aliphatic carbocycles. The first-order chi connectivity index (χ1) is 13.1. The molecule has 0 saturated heterocycles. The van der Waals surface area contributed by atoms with E-state index in [0.717, 1.165) is 28.7 Å². The molecule has 1 amide bonds. The maximum Gasteiger partial charge on any atom is 0.234 e. The Morgan fingerprint density at radius 1 is 1.19 bits per heavy atom. The summed E-state index contributed by atoms with van der Waals surface area (Å²) in [5.74, 6) is 1.57. The second-order valence-corrected chi connectivity index (χ2v) is 6.90. The van der Waals surface area contributed by atoms with Crippen molar-refractivity contribution in [3.05, 3.63) is 54.1 Å². The van der Waals surface area contributed by atoms with E-state index in [-0.39, 0.29) is 11.7 Å². The van der Waals surface area contributed by atoms with Crippen LogP contribution in [0.5, 0.6) is 5.75 Å². The van der Waals surface area contributed by atoms with Crippen LogP contribution in [-0.2, 0) is 11.3 Å². The molecule has 1 heterocycles. The van der Waals surface area contributed by atoms with Gasteiger partial charge in [-0.2, -0.15) is 0 Å². The summed E-state index contributed by atoms with van der Waals surface area (Å²) >= 11 is 1.37. The molecule has 3 rings (SSSR count). The maximum atomic E-state index is 12.4. The van der Waals surface area contributed by atoms with Crippen molar-refractivity contribution >= 4 is 23.4 Å². The molecule has 0 aliphatic heterocycles. The van der Waals surface area contributed by atoms with Gasteiger partial charge in [0.25, 0.3) is 0 Å². The molecule has 0 fully saturated rings. The molecule has 0 unspecified atom stereocenters. The van der Waals surface area contributed by atoms with Crippen LogP contribution >= 0.6 is 11.8 Å². The molecule has 6 nitrogen and oxygen atoms in total. The van der Waals surface area contributed by atoms with Gasteiger partial charge in [0.05, 0.1) is 18.6 Å². The number of methoxy groups -OCH3 is 1. The summed E-state index contributed by atoms with van der Waals surface area (Å²) in [5, 5.41) is 12.2. The lowest BCUT2D eigenvalue weighted by atomic mass is 10.2. The zero-order valence-electron chi connectivity index (χ0n) is 15.6. The van der Waals surface area contributed by atoms with Gasteiger partial charge < -0.3 is 14.6 Å². The number of aryl methyl sites for hydroxylation is 1. The minimum Gasteiger partial charge on any atom is -0.495 e. The molecule has 0 atom stereocenters. The normalized spacial score (nSPS) is 10.6. The highest BCUT2D eigenvalue weighted by atomic mass is 32.2. The average Bonchev–Trinajstić information content (AvgIpc) is 3.10. The molecular weight excluding hydrogens is 360 g/mol. The molecule has 0 bridgehead atoms. The van der Waals surface area contributed by atoms with Crippen molar-refractivity contribution in [1.29, 1.82) is 0 Å². The molecule has 140 valence electrons. The highest BCUT2D eigenvalue weighted by Gasteiger charge is 2.15. The van der Waals surface area contributed by atoms with Crippen LogP contribution in [0.3, 0.4) is 0 Å². The number of hydrogen-bond acceptors (Lipinski definition) is 5. The lowest BCUT2D eigenvalue weighted by Crippen LogP contribution is -2.15. The van der Waals surface area contributed by atoms with E-state index in [4.69, 9.17) is 4.74 Å². The first kappa shape index (κ1) is 19.0. The van der Waals surface area contributed by atoms with Crippen molar-refractivity contribution in [2.24, 2.45) is 0 Å². The molecular formula is C20H22N4O2S. The van der Waals surface area contributed by atoms with Crippen molar-refractivity contribution in [3.8, 4) is 17.1 Å². The summed E-state index contributed by atoms with van der Waals surface area (Å²) in [4.78, 5) is 12.4. The Labute approximate surface area is 163 Å². The molecule has 0 aliphatic rings. The van der Waals surface area contributed by atoms with Crippen molar-refractivity contribution in [3.63, 3.8) is 0 Å². The van der Waals surface area contributed by atoms with E-state index < -0.39 is 0 Å². The number of carbonyl (C=O) groups excluding carboxylic acids is 1. The standard InChI is InChI=1S/C20H22N4O2S/c1-4-24-19(15-8-6-5-7-9-15)22-23-20(24)27-13-18(25)21-16-12-14(2)10-11-17(16)26-3/h5-12H,4,13H2,1-3H3,(H,21,25). The molecule has 1 N–H and O–H groups in total. The summed E-state index contributed by atoms with van der Waals surface area (Å²) in [6, 6.07) is 15.6. The van der Waals surface area contributed by atoms with Crippen LogP contribution in [0.1, 0.15) is 12.5 Å². The zero-order valence-corrected chi connectivity index (χ0v) is 16.4. The van der Waals surface area contributed by atoms with Crippen LogP contribution in [0.4, 0.5) is 5.69 Å². The van der Waals surface area contributed by atoms with Crippen molar-refractivity contribution in [2.45, 2.75) is 25.5 Å². The van der Waals surface area contributed by atoms with E-state index in [0.29, 0.717) is 11.4 Å². The number of rotatable bonds is 7. The third-order valence-corrected chi connectivity index (χ3v) is 4.99. The number of anilines is 1. The van der Waals surface area contributed by atoms with E-state index in [9.17, 15) is 4.79 Å². The fraction of sp³-hybridized carbons (Fsp3) is 0.250. The molecule has 7 heteroatoms. The number of ether oxygens (including phenoxy) is 1. The summed E-state index contributed by atoms with van der Waals surface area (Å²) < 4.78 is 7.32. The van der Waals surface area contributed by atoms with Gasteiger partial charge in [-0.1, -0.05) is 48.2 Å². The molecule has 2 aromatic carbocycles. The Bertz CT molecular complexity index is 925. The maximum absolute atomic E-state index is 12.4. The Hall–Kier alpha value is -2.80. The Morgan fingerprint density at radius 2 is 1.96 bits per heavy atom. The molecule has 0 saturated carbocycles.